The van der Waals surface area contributed by atoms with Gasteiger partial charge in [0.1, 0.15) is 0 Å². The van der Waals surface area contributed by atoms with Crippen LogP contribution < -0.4 is 0 Å². The molecule has 1 fully saturated rings. The van der Waals surface area contributed by atoms with Gasteiger partial charge in [-0.05, 0) is 12.8 Å². The Labute approximate surface area is 68.8 Å². The second kappa shape index (κ2) is 4.52. The zero-order valence-electron chi connectivity index (χ0n) is 7.31. The van der Waals surface area contributed by atoms with Crippen LogP contribution >= 0.6 is 0 Å². The van der Waals surface area contributed by atoms with Crippen LogP contribution in [0.15, 0.2) is 12.2 Å². The lowest BCUT2D eigenvalue weighted by molar-refractivity contribution is 0.143. The minimum atomic E-state index is 0.854. The minimum absolute atomic E-state index is 0.854. The van der Waals surface area contributed by atoms with Gasteiger partial charge in [-0.2, -0.15) is 0 Å². The summed E-state index contributed by atoms with van der Waals surface area (Å²) in [6.45, 7) is 8.24. The summed E-state index contributed by atoms with van der Waals surface area (Å²) < 4.78 is 5.01. The highest BCUT2D eigenvalue weighted by atomic mass is 16.5. The number of ether oxygens (including phenoxy) is 1. The number of hydrogen-bond donors (Lipinski definition) is 0. The van der Waals surface area contributed by atoms with E-state index in [0.29, 0.717) is 0 Å². The molecule has 64 valence electrons. The highest BCUT2D eigenvalue weighted by Gasteiger charge is 2.10. The first-order chi connectivity index (χ1) is 5.33. The van der Waals surface area contributed by atoms with E-state index < -0.39 is 0 Å². The lowest BCUT2D eigenvalue weighted by Crippen LogP contribution is -2.33. The van der Waals surface area contributed by atoms with Crippen molar-refractivity contribution in [3.63, 3.8) is 0 Å². The van der Waals surface area contributed by atoms with Gasteiger partial charge in [0.2, 0.25) is 0 Å². The van der Waals surface area contributed by atoms with Crippen molar-refractivity contribution in [2.75, 3.05) is 33.4 Å². The first kappa shape index (κ1) is 8.75. The summed E-state index contributed by atoms with van der Waals surface area (Å²) >= 11 is 0. The number of methoxy groups -OCH3 is 1. The van der Waals surface area contributed by atoms with Crippen LogP contribution in [0.25, 0.3) is 0 Å². The van der Waals surface area contributed by atoms with Crippen molar-refractivity contribution < 1.29 is 4.74 Å². The second-order valence-electron chi connectivity index (χ2n) is 3.08. The van der Waals surface area contributed by atoms with Gasteiger partial charge in [0, 0.05) is 26.7 Å². The van der Waals surface area contributed by atoms with E-state index in [4.69, 9.17) is 4.74 Å². The van der Waals surface area contributed by atoms with E-state index in [2.05, 4.69) is 11.5 Å². The van der Waals surface area contributed by atoms with E-state index in [1.165, 1.54) is 31.5 Å². The molecule has 1 rings (SSSR count). The zero-order chi connectivity index (χ0) is 8.10. The van der Waals surface area contributed by atoms with E-state index >= 15 is 0 Å². The Kier molecular flexibility index (Phi) is 3.60. The standard InChI is InChI=1S/C9H17NO/c1-9-3-5-10(6-4-9)7-8-11-2/h1,3-8H2,2H3. The first-order valence-corrected chi connectivity index (χ1v) is 4.21. The molecule has 2 nitrogen and oxygen atoms in total. The Hall–Kier alpha value is -0.340. The van der Waals surface area contributed by atoms with Crippen molar-refractivity contribution in [1.29, 1.82) is 0 Å². The molecule has 0 aromatic rings. The van der Waals surface area contributed by atoms with Crippen molar-refractivity contribution in [3.8, 4) is 0 Å². The Morgan fingerprint density at radius 3 is 2.64 bits per heavy atom. The number of rotatable bonds is 3. The number of hydrogen-bond acceptors (Lipinski definition) is 2. The van der Waals surface area contributed by atoms with E-state index in [9.17, 15) is 0 Å². The van der Waals surface area contributed by atoms with Crippen LogP contribution in [-0.2, 0) is 4.74 Å². The third-order valence-electron chi connectivity index (χ3n) is 2.17. The van der Waals surface area contributed by atoms with Gasteiger partial charge in [-0.25, -0.2) is 0 Å². The van der Waals surface area contributed by atoms with Crippen molar-refractivity contribution >= 4 is 0 Å². The van der Waals surface area contributed by atoms with E-state index in [1.807, 2.05) is 0 Å². The lowest BCUT2D eigenvalue weighted by Gasteiger charge is -2.27. The van der Waals surface area contributed by atoms with Crippen LogP contribution in [0, 0.1) is 0 Å². The molecule has 1 saturated heterocycles. The van der Waals surface area contributed by atoms with Crippen LogP contribution in [0.2, 0.25) is 0 Å². The lowest BCUT2D eigenvalue weighted by atomic mass is 10.1. The molecule has 1 aliphatic heterocycles. The third kappa shape index (κ3) is 3.04. The monoisotopic (exact) mass is 155 g/mol. The maximum Gasteiger partial charge on any atom is 0.0589 e. The molecule has 0 atom stereocenters. The molecule has 0 unspecified atom stereocenters. The largest absolute Gasteiger partial charge is 0.383 e. The molecule has 2 heteroatoms. The number of likely N-dealkylation sites (tertiary alicyclic amines) is 1. The van der Waals surface area contributed by atoms with Crippen molar-refractivity contribution in [2.24, 2.45) is 0 Å². The summed E-state index contributed by atoms with van der Waals surface area (Å²) in [7, 11) is 1.75. The summed E-state index contributed by atoms with van der Waals surface area (Å²) in [6.07, 6.45) is 2.34. The fourth-order valence-corrected chi connectivity index (χ4v) is 1.31. The SMILES string of the molecule is C=C1CCN(CCOC)CC1. The van der Waals surface area contributed by atoms with Crippen molar-refractivity contribution in [2.45, 2.75) is 12.8 Å². The van der Waals surface area contributed by atoms with E-state index in [0.717, 1.165) is 13.2 Å². The van der Waals surface area contributed by atoms with Crippen LogP contribution in [0.1, 0.15) is 12.8 Å². The molecular weight excluding hydrogens is 138 g/mol. The first-order valence-electron chi connectivity index (χ1n) is 4.21. The molecule has 1 aliphatic rings. The fraction of sp³-hybridized carbons (Fsp3) is 0.778. The fourth-order valence-electron chi connectivity index (χ4n) is 1.31. The van der Waals surface area contributed by atoms with Gasteiger partial charge < -0.3 is 9.64 Å². The summed E-state index contributed by atoms with van der Waals surface area (Å²) in [6, 6.07) is 0. The third-order valence-corrected chi connectivity index (χ3v) is 2.17. The molecule has 0 bridgehead atoms. The van der Waals surface area contributed by atoms with Crippen LogP contribution in [0.3, 0.4) is 0 Å². The van der Waals surface area contributed by atoms with E-state index in [-0.39, 0.29) is 0 Å². The molecule has 11 heavy (non-hydrogen) atoms. The molecule has 0 N–H and O–H groups in total. The van der Waals surface area contributed by atoms with Crippen LogP contribution in [0.5, 0.6) is 0 Å². The Morgan fingerprint density at radius 1 is 1.45 bits per heavy atom. The molecule has 0 radical (unpaired) electrons. The molecular formula is C9H17NO. The average molecular weight is 155 g/mol. The van der Waals surface area contributed by atoms with Crippen LogP contribution in [0.4, 0.5) is 0 Å². The predicted octanol–water partition coefficient (Wildman–Crippen LogP) is 1.28. The summed E-state index contributed by atoms with van der Waals surface area (Å²) in [5.41, 5.74) is 1.40. The van der Waals surface area contributed by atoms with Gasteiger partial charge in [0.05, 0.1) is 6.61 Å². The topological polar surface area (TPSA) is 12.5 Å². The molecule has 0 saturated carbocycles. The van der Waals surface area contributed by atoms with Gasteiger partial charge in [-0.15, -0.1) is 0 Å². The second-order valence-corrected chi connectivity index (χ2v) is 3.08. The molecule has 0 spiro atoms. The van der Waals surface area contributed by atoms with Crippen molar-refractivity contribution in [1.82, 2.24) is 4.90 Å². The maximum absolute atomic E-state index is 5.01. The average Bonchev–Trinajstić information content (AvgIpc) is 2.04. The Balaban J connectivity index is 2.12. The Morgan fingerprint density at radius 2 is 2.09 bits per heavy atom. The highest BCUT2D eigenvalue weighted by Crippen LogP contribution is 2.12. The quantitative estimate of drug-likeness (QED) is 0.569. The summed E-state index contributed by atoms with van der Waals surface area (Å²) in [4.78, 5) is 2.43. The normalized spacial score (nSPS) is 20.6. The smallest absolute Gasteiger partial charge is 0.0589 e. The number of piperidine rings is 1. The summed E-state index contributed by atoms with van der Waals surface area (Å²) in [5.74, 6) is 0. The van der Waals surface area contributed by atoms with Crippen LogP contribution in [-0.4, -0.2) is 38.3 Å². The van der Waals surface area contributed by atoms with E-state index in [1.54, 1.807) is 7.11 Å². The maximum atomic E-state index is 5.01. The predicted molar refractivity (Wildman–Crippen MR) is 46.7 cm³/mol. The van der Waals surface area contributed by atoms with Gasteiger partial charge in [0.15, 0.2) is 0 Å². The van der Waals surface area contributed by atoms with Gasteiger partial charge in [-0.1, -0.05) is 12.2 Å². The van der Waals surface area contributed by atoms with Gasteiger partial charge in [-0.3, -0.25) is 0 Å². The number of nitrogens with zero attached hydrogens (tertiary/aromatic N) is 1. The Bertz CT molecular complexity index is 124. The minimum Gasteiger partial charge on any atom is -0.383 e. The molecule has 0 aliphatic carbocycles. The van der Waals surface area contributed by atoms with Gasteiger partial charge >= 0.3 is 0 Å². The zero-order valence-corrected chi connectivity index (χ0v) is 7.31. The van der Waals surface area contributed by atoms with Gasteiger partial charge in [0.25, 0.3) is 0 Å². The molecule has 0 amide bonds. The summed E-state index contributed by atoms with van der Waals surface area (Å²) in [5, 5.41) is 0. The molecule has 0 aromatic carbocycles. The van der Waals surface area contributed by atoms with Crippen molar-refractivity contribution in [3.05, 3.63) is 12.2 Å². The highest BCUT2D eigenvalue weighted by molar-refractivity contribution is 4.98. The molecule has 1 heterocycles. The molecule has 0 aromatic heterocycles.